The molecule has 18 heteroatoms. The fourth-order valence-electron chi connectivity index (χ4n) is 9.24. The number of aromatic nitrogens is 3. The van der Waals surface area contributed by atoms with Crippen molar-refractivity contribution >= 4 is 40.0 Å². The number of fused-ring (bicyclic) bond motifs is 1. The van der Waals surface area contributed by atoms with Gasteiger partial charge in [0.15, 0.2) is 5.43 Å². The lowest BCUT2D eigenvalue weighted by Gasteiger charge is -2.40. The first-order valence-electron chi connectivity index (χ1n) is 25.6. The van der Waals surface area contributed by atoms with Crippen LogP contribution in [0.5, 0.6) is 0 Å². The maximum Gasteiger partial charge on any atom is 0.407 e. The van der Waals surface area contributed by atoms with Gasteiger partial charge in [0.25, 0.3) is 0 Å². The number of alkyl carbamates (subject to hydrolysis) is 1. The van der Waals surface area contributed by atoms with E-state index in [0.717, 1.165) is 54.1 Å². The number of ether oxygens (including phenoxy) is 6. The van der Waals surface area contributed by atoms with Gasteiger partial charge in [0.2, 0.25) is 5.91 Å². The summed E-state index contributed by atoms with van der Waals surface area (Å²) in [4.78, 5) is 55.4. The molecule has 7 rings (SSSR count). The van der Waals surface area contributed by atoms with E-state index in [9.17, 15) is 14.4 Å². The molecule has 3 aromatic heterocycles. The zero-order valence-corrected chi connectivity index (χ0v) is 43.0. The minimum atomic E-state index is -0.580. The average Bonchev–Trinajstić information content (AvgIpc) is 3.44. The Balaban J connectivity index is 0.00000400. The number of pyridine rings is 3. The smallest absolute Gasteiger partial charge is 0.407 e. The third-order valence-corrected chi connectivity index (χ3v) is 13.0. The number of anilines is 3. The maximum absolute atomic E-state index is 16.3. The second kappa shape index (κ2) is 31.6. The van der Waals surface area contributed by atoms with E-state index in [1.807, 2.05) is 73.2 Å². The van der Waals surface area contributed by atoms with Crippen LogP contribution in [-0.2, 0) is 59.9 Å². The molecular weight excluding hydrogens is 972 g/mol. The fraction of sp³-hybridized carbons (Fsp3) is 0.500. The molecule has 5 heterocycles. The number of piperidine rings is 2. The van der Waals surface area contributed by atoms with Crippen LogP contribution in [0.1, 0.15) is 77.9 Å². The van der Waals surface area contributed by atoms with Gasteiger partial charge in [-0.15, -0.1) is 6.42 Å². The van der Waals surface area contributed by atoms with Crippen LogP contribution in [0.15, 0.2) is 84.0 Å². The van der Waals surface area contributed by atoms with Crippen LogP contribution >= 0.6 is 0 Å². The minimum Gasteiger partial charge on any atom is -0.444 e. The molecule has 0 unspecified atom stereocenters. The van der Waals surface area contributed by atoms with Crippen molar-refractivity contribution in [2.75, 3.05) is 107 Å². The van der Waals surface area contributed by atoms with E-state index in [2.05, 4.69) is 48.5 Å². The van der Waals surface area contributed by atoms with Crippen LogP contribution in [0.2, 0.25) is 0 Å². The number of aryl methyl sites for hydroxylation is 3. The van der Waals surface area contributed by atoms with Crippen LogP contribution < -0.4 is 25.9 Å². The summed E-state index contributed by atoms with van der Waals surface area (Å²) in [6, 6.07) is 18.7. The van der Waals surface area contributed by atoms with Gasteiger partial charge in [0.1, 0.15) is 18.5 Å². The van der Waals surface area contributed by atoms with E-state index >= 15 is 4.39 Å². The summed E-state index contributed by atoms with van der Waals surface area (Å²) >= 11 is 0. The lowest BCUT2D eigenvalue weighted by molar-refractivity contribution is -0.117. The molecule has 2 aliphatic rings. The molecule has 2 aromatic carbocycles. The number of halogens is 1. The summed E-state index contributed by atoms with van der Waals surface area (Å²) in [6.07, 6.45) is 13.2. The number of carbonyl (C=O) groups excluding carboxylic acids is 2. The number of nitrogens with one attached hydrogen (secondary N) is 2. The summed E-state index contributed by atoms with van der Waals surface area (Å²) in [5.41, 5.74) is 6.93. The van der Waals surface area contributed by atoms with Crippen molar-refractivity contribution in [3.63, 3.8) is 0 Å². The SMILES string of the molecule is C.C.C#CCOCCOCCOCCOCCOCCC(=O)Nc1ccc(CNC(=O)O[C@H]2CCCN(c3cc4c(cc3F)c(=O)c(CN(Cc3ccnc(C)c3)[C@H]3CCCN(c5ccc(C)nc5)C3)cn4C)C2)cc1.[HH].[HH]. The standard InChI is InChI=1S/C56H71FN8O9.2CH4.2H2/c1-5-21-69-23-25-71-27-29-73-30-28-72-26-24-70-22-17-54(66)61-46-13-11-43(12-14-46)34-60-56(68)74-49-9-7-20-64(40-49)53-33-52-50(32-51(53)57)55(67)45(37-62(52)4)38-65(36-44-16-18-58-42(3)31-44)48-8-6-19-63(39-48)47-15-10-41(2)59-35-47;;;;/h1,10-16,18,31-33,35,37,48-49H,6-9,17,19-30,34,36,38-40H2,2-4H3,(H,60,68)(H,61,66);2*1H4;2*1H/t48-,49-;;;;/m0..../s1. The number of amides is 2. The van der Waals surface area contributed by atoms with Crippen molar-refractivity contribution in [2.45, 2.75) is 92.6 Å². The van der Waals surface area contributed by atoms with Gasteiger partial charge in [-0.1, -0.05) is 32.9 Å². The van der Waals surface area contributed by atoms with Crippen molar-refractivity contribution in [2.24, 2.45) is 7.05 Å². The number of nitrogens with zero attached hydrogens (tertiary/aromatic N) is 6. The Hall–Kier alpha value is -6.46. The Morgan fingerprint density at radius 1 is 0.803 bits per heavy atom. The molecule has 416 valence electrons. The zero-order chi connectivity index (χ0) is 52.1. The van der Waals surface area contributed by atoms with Gasteiger partial charge < -0.3 is 53.4 Å². The quantitative estimate of drug-likeness (QED) is 0.0379. The van der Waals surface area contributed by atoms with Gasteiger partial charge >= 0.3 is 6.09 Å². The molecule has 0 aliphatic carbocycles. The maximum atomic E-state index is 16.3. The number of rotatable bonds is 27. The Morgan fingerprint density at radius 3 is 2.17 bits per heavy atom. The van der Waals surface area contributed by atoms with Crippen molar-refractivity contribution in [1.29, 1.82) is 0 Å². The molecule has 2 atom stereocenters. The van der Waals surface area contributed by atoms with E-state index < -0.39 is 18.0 Å². The van der Waals surface area contributed by atoms with Crippen LogP contribution in [0.25, 0.3) is 10.9 Å². The normalized spacial score (nSPS) is 15.4. The van der Waals surface area contributed by atoms with Gasteiger partial charge in [-0.3, -0.25) is 24.5 Å². The molecular formula is C58H83FN8O9. The fourth-order valence-corrected chi connectivity index (χ4v) is 9.24. The summed E-state index contributed by atoms with van der Waals surface area (Å²) in [5, 5.41) is 5.99. The van der Waals surface area contributed by atoms with Crippen molar-refractivity contribution in [3.05, 3.63) is 123 Å². The Bertz CT molecular complexity index is 2700. The molecule has 0 bridgehead atoms. The zero-order valence-electron chi connectivity index (χ0n) is 43.0. The van der Waals surface area contributed by atoms with Crippen molar-refractivity contribution in [1.82, 2.24) is 24.8 Å². The first kappa shape index (κ1) is 60.4. The van der Waals surface area contributed by atoms with Crippen molar-refractivity contribution < 1.29 is 45.3 Å². The van der Waals surface area contributed by atoms with Gasteiger partial charge in [0.05, 0.1) is 95.5 Å². The van der Waals surface area contributed by atoms with Gasteiger partial charge in [-0.05, 0) is 99.2 Å². The summed E-state index contributed by atoms with van der Waals surface area (Å²) in [6.45, 7) is 11.8. The Morgan fingerprint density at radius 2 is 1.49 bits per heavy atom. The summed E-state index contributed by atoms with van der Waals surface area (Å²) < 4.78 is 50.9. The van der Waals surface area contributed by atoms with E-state index in [0.29, 0.717) is 120 Å². The van der Waals surface area contributed by atoms with Crippen LogP contribution in [0.4, 0.5) is 26.2 Å². The molecule has 0 saturated carbocycles. The van der Waals surface area contributed by atoms with Crippen LogP contribution in [-0.4, -0.2) is 136 Å². The second-order valence-electron chi connectivity index (χ2n) is 18.7. The molecule has 5 aromatic rings. The highest BCUT2D eigenvalue weighted by Gasteiger charge is 2.29. The molecule has 2 saturated heterocycles. The second-order valence-corrected chi connectivity index (χ2v) is 18.7. The highest BCUT2D eigenvalue weighted by molar-refractivity contribution is 5.90. The minimum absolute atomic E-state index is 0. The topological polar surface area (TPSA) is 171 Å². The highest BCUT2D eigenvalue weighted by atomic mass is 19.1. The third kappa shape index (κ3) is 18.7. The van der Waals surface area contributed by atoms with E-state index in [-0.39, 0.29) is 61.3 Å². The summed E-state index contributed by atoms with van der Waals surface area (Å²) in [7, 11) is 1.89. The average molecular weight is 1060 g/mol. The molecule has 0 spiro atoms. The molecule has 2 fully saturated rings. The van der Waals surface area contributed by atoms with E-state index in [4.69, 9.17) is 34.8 Å². The molecule has 2 amide bonds. The lowest BCUT2D eigenvalue weighted by Crippen LogP contribution is -2.48. The third-order valence-electron chi connectivity index (χ3n) is 13.0. The highest BCUT2D eigenvalue weighted by Crippen LogP contribution is 2.30. The van der Waals surface area contributed by atoms with Gasteiger partial charge in [-0.2, -0.15) is 0 Å². The van der Waals surface area contributed by atoms with Crippen LogP contribution in [0, 0.1) is 32.0 Å². The number of hydrogen-bond donors (Lipinski definition) is 2. The van der Waals surface area contributed by atoms with Gasteiger partial charge in [0, 0.05) is 95.6 Å². The number of hydrogen-bond acceptors (Lipinski definition) is 14. The first-order chi connectivity index (χ1) is 36.0. The number of carbonyl (C=O) groups is 2. The first-order valence-corrected chi connectivity index (χ1v) is 25.6. The lowest BCUT2D eigenvalue weighted by atomic mass is 10.0. The van der Waals surface area contributed by atoms with Crippen molar-refractivity contribution in [3.8, 4) is 12.3 Å². The monoisotopic (exact) mass is 1050 g/mol. The number of terminal acetylenes is 1. The van der Waals surface area contributed by atoms with Gasteiger partial charge in [-0.25, -0.2) is 9.18 Å². The Labute approximate surface area is 451 Å². The predicted octanol–water partition coefficient (Wildman–Crippen LogP) is 8.46. The molecule has 0 radical (unpaired) electrons. The van der Waals surface area contributed by atoms with E-state index in [1.165, 1.54) is 6.07 Å². The molecule has 2 N–H and O–H groups in total. The van der Waals surface area contributed by atoms with Crippen LogP contribution in [0.3, 0.4) is 0 Å². The molecule has 17 nitrogen and oxygen atoms in total. The molecule has 76 heavy (non-hydrogen) atoms. The predicted molar refractivity (Wildman–Crippen MR) is 300 cm³/mol. The largest absolute Gasteiger partial charge is 0.444 e. The summed E-state index contributed by atoms with van der Waals surface area (Å²) in [5.74, 6) is 1.71. The Kier molecular flexibility index (Phi) is 25.1. The number of benzene rings is 2. The van der Waals surface area contributed by atoms with E-state index in [1.54, 1.807) is 18.2 Å². The molecule has 2 aliphatic heterocycles.